The standard InChI is InChI=1S/C33H32N2O7S/c1-6-41-32(37)29-20(2)34-33-35(30(29)24-14-13-23(38-3)18-26(24)39-4)31(36)28(43-33)17-22-12-15-25(27(16-22)40-5)42-19-21-10-8-7-9-11-21/h7-18,30H,6,19H2,1-5H3/t30-/m1/s1. The van der Waals surface area contributed by atoms with E-state index in [2.05, 4.69) is 4.99 Å². The molecule has 5 rings (SSSR count). The van der Waals surface area contributed by atoms with Crippen LogP contribution in [0.4, 0.5) is 0 Å². The monoisotopic (exact) mass is 600 g/mol. The van der Waals surface area contributed by atoms with Crippen LogP contribution in [-0.2, 0) is 16.1 Å². The van der Waals surface area contributed by atoms with E-state index in [0.29, 0.717) is 50.2 Å². The number of carbonyl (C=O) groups is 1. The van der Waals surface area contributed by atoms with E-state index in [4.69, 9.17) is 23.7 Å². The molecule has 9 nitrogen and oxygen atoms in total. The molecular weight excluding hydrogens is 568 g/mol. The number of esters is 1. The van der Waals surface area contributed by atoms with Gasteiger partial charge in [0.1, 0.15) is 24.1 Å². The van der Waals surface area contributed by atoms with Crippen molar-refractivity contribution in [2.75, 3.05) is 27.9 Å². The molecule has 1 atom stereocenters. The lowest BCUT2D eigenvalue weighted by Crippen LogP contribution is -2.40. The first-order chi connectivity index (χ1) is 20.9. The van der Waals surface area contributed by atoms with E-state index in [-0.39, 0.29) is 17.7 Å². The Morgan fingerprint density at radius 1 is 0.953 bits per heavy atom. The van der Waals surface area contributed by atoms with Crippen LogP contribution in [0, 0.1) is 0 Å². The zero-order chi connectivity index (χ0) is 30.5. The molecule has 43 heavy (non-hydrogen) atoms. The first-order valence-corrected chi connectivity index (χ1v) is 14.5. The number of thiazole rings is 1. The van der Waals surface area contributed by atoms with Gasteiger partial charge in [-0.15, -0.1) is 0 Å². The predicted octanol–water partition coefficient (Wildman–Crippen LogP) is 4.40. The van der Waals surface area contributed by atoms with Gasteiger partial charge in [-0.25, -0.2) is 9.79 Å². The number of rotatable bonds is 10. The van der Waals surface area contributed by atoms with Gasteiger partial charge in [0.15, 0.2) is 16.3 Å². The van der Waals surface area contributed by atoms with Crippen LogP contribution in [0.25, 0.3) is 6.08 Å². The fourth-order valence-electron chi connectivity index (χ4n) is 4.91. The fraction of sp³-hybridized carbons (Fsp3) is 0.242. The Morgan fingerprint density at radius 3 is 2.42 bits per heavy atom. The zero-order valence-electron chi connectivity index (χ0n) is 24.6. The van der Waals surface area contributed by atoms with Crippen LogP contribution < -0.4 is 33.8 Å². The number of hydrogen-bond acceptors (Lipinski definition) is 9. The van der Waals surface area contributed by atoms with Gasteiger partial charge >= 0.3 is 5.97 Å². The molecule has 10 heteroatoms. The lowest BCUT2D eigenvalue weighted by molar-refractivity contribution is -0.139. The maximum atomic E-state index is 14.0. The lowest BCUT2D eigenvalue weighted by atomic mass is 9.95. The van der Waals surface area contributed by atoms with Gasteiger partial charge in [0.05, 0.1) is 43.7 Å². The van der Waals surface area contributed by atoms with Crippen LogP contribution in [0.1, 0.15) is 36.6 Å². The minimum atomic E-state index is -0.818. The van der Waals surface area contributed by atoms with Gasteiger partial charge in [-0.05, 0) is 55.3 Å². The number of ether oxygens (including phenoxy) is 5. The van der Waals surface area contributed by atoms with Crippen LogP contribution in [0.2, 0.25) is 0 Å². The van der Waals surface area contributed by atoms with Crippen molar-refractivity contribution < 1.29 is 28.5 Å². The second-order valence-corrected chi connectivity index (χ2v) is 10.6. The largest absolute Gasteiger partial charge is 0.497 e. The molecule has 0 bridgehead atoms. The Morgan fingerprint density at radius 2 is 1.72 bits per heavy atom. The van der Waals surface area contributed by atoms with E-state index in [0.717, 1.165) is 11.1 Å². The Labute approximate surface area is 252 Å². The number of benzene rings is 3. The van der Waals surface area contributed by atoms with Gasteiger partial charge in [0, 0.05) is 11.6 Å². The van der Waals surface area contributed by atoms with E-state index in [1.54, 1.807) is 52.3 Å². The van der Waals surface area contributed by atoms with Gasteiger partial charge in [0.25, 0.3) is 5.56 Å². The lowest BCUT2D eigenvalue weighted by Gasteiger charge is -2.26. The minimum Gasteiger partial charge on any atom is -0.497 e. The van der Waals surface area contributed by atoms with E-state index in [1.165, 1.54) is 23.0 Å². The third kappa shape index (κ3) is 6.05. The highest BCUT2D eigenvalue weighted by molar-refractivity contribution is 7.07. The average Bonchev–Trinajstić information content (AvgIpc) is 3.33. The van der Waals surface area contributed by atoms with Crippen molar-refractivity contribution in [1.82, 2.24) is 4.57 Å². The average molecular weight is 601 g/mol. The molecule has 2 heterocycles. The summed E-state index contributed by atoms with van der Waals surface area (Å²) in [6, 6.07) is 19.8. The Kier molecular flexibility index (Phi) is 8.96. The molecule has 0 radical (unpaired) electrons. The van der Waals surface area contributed by atoms with Crippen molar-refractivity contribution in [3.63, 3.8) is 0 Å². The number of carbonyl (C=O) groups excluding carboxylic acids is 1. The van der Waals surface area contributed by atoms with Crippen molar-refractivity contribution in [3.8, 4) is 23.0 Å². The highest BCUT2D eigenvalue weighted by Gasteiger charge is 2.35. The first kappa shape index (κ1) is 29.7. The zero-order valence-corrected chi connectivity index (χ0v) is 25.4. The van der Waals surface area contributed by atoms with Crippen LogP contribution in [0.15, 0.2) is 87.8 Å². The number of methoxy groups -OCH3 is 3. The summed E-state index contributed by atoms with van der Waals surface area (Å²) < 4.78 is 30.0. The molecule has 0 amide bonds. The third-order valence-corrected chi connectivity index (χ3v) is 7.96. The molecule has 1 aromatic heterocycles. The normalized spacial score (nSPS) is 14.5. The number of fused-ring (bicyclic) bond motifs is 1. The van der Waals surface area contributed by atoms with E-state index >= 15 is 0 Å². The molecule has 0 unspecified atom stereocenters. The molecule has 1 aliphatic heterocycles. The highest BCUT2D eigenvalue weighted by Crippen LogP contribution is 2.37. The molecule has 0 N–H and O–H groups in total. The molecular formula is C33H32N2O7S. The summed E-state index contributed by atoms with van der Waals surface area (Å²) in [7, 11) is 4.66. The molecule has 0 saturated carbocycles. The third-order valence-electron chi connectivity index (χ3n) is 6.97. The maximum absolute atomic E-state index is 14.0. The van der Waals surface area contributed by atoms with Crippen molar-refractivity contribution in [3.05, 3.63) is 114 Å². The Hall–Kier alpha value is -4.83. The van der Waals surface area contributed by atoms with E-state index < -0.39 is 12.0 Å². The molecule has 0 fully saturated rings. The summed E-state index contributed by atoms with van der Waals surface area (Å²) in [5, 5.41) is 0. The van der Waals surface area contributed by atoms with Gasteiger partial charge in [-0.3, -0.25) is 9.36 Å². The summed E-state index contributed by atoms with van der Waals surface area (Å²) >= 11 is 1.24. The molecule has 4 aromatic rings. The number of aromatic nitrogens is 1. The van der Waals surface area contributed by atoms with Crippen LogP contribution in [0.3, 0.4) is 0 Å². The maximum Gasteiger partial charge on any atom is 0.338 e. The number of allylic oxidation sites excluding steroid dienone is 1. The Bertz CT molecular complexity index is 1860. The van der Waals surface area contributed by atoms with Crippen molar-refractivity contribution in [2.24, 2.45) is 4.99 Å². The van der Waals surface area contributed by atoms with Crippen LogP contribution in [0.5, 0.6) is 23.0 Å². The summed E-state index contributed by atoms with van der Waals surface area (Å²) in [4.78, 5) is 32.4. The van der Waals surface area contributed by atoms with Gasteiger partial charge in [-0.2, -0.15) is 0 Å². The molecule has 0 saturated heterocycles. The van der Waals surface area contributed by atoms with E-state index in [1.807, 2.05) is 48.5 Å². The second-order valence-electron chi connectivity index (χ2n) is 9.59. The Balaban J connectivity index is 1.59. The summed E-state index contributed by atoms with van der Waals surface area (Å²) in [5.74, 6) is 1.63. The van der Waals surface area contributed by atoms with Crippen molar-refractivity contribution in [2.45, 2.75) is 26.5 Å². The number of nitrogens with zero attached hydrogens (tertiary/aromatic N) is 2. The van der Waals surface area contributed by atoms with Gasteiger partial charge in [0.2, 0.25) is 0 Å². The molecule has 0 aliphatic carbocycles. The summed E-state index contributed by atoms with van der Waals surface area (Å²) in [6.07, 6.45) is 1.78. The van der Waals surface area contributed by atoms with Crippen molar-refractivity contribution >= 4 is 23.4 Å². The highest BCUT2D eigenvalue weighted by atomic mass is 32.1. The van der Waals surface area contributed by atoms with Gasteiger partial charge < -0.3 is 23.7 Å². The van der Waals surface area contributed by atoms with E-state index in [9.17, 15) is 9.59 Å². The molecule has 3 aromatic carbocycles. The summed E-state index contributed by atoms with van der Waals surface area (Å²) in [5.41, 5.74) is 2.82. The molecule has 222 valence electrons. The SMILES string of the molecule is CCOC(=O)C1=C(C)N=c2sc(=Cc3ccc(OCc4ccccc4)c(OC)c3)c(=O)n2[C@@H]1c1ccc(OC)cc1OC. The second kappa shape index (κ2) is 13.0. The van der Waals surface area contributed by atoms with Crippen LogP contribution in [-0.4, -0.2) is 38.5 Å². The smallest absolute Gasteiger partial charge is 0.338 e. The molecule has 1 aliphatic rings. The van der Waals surface area contributed by atoms with Crippen molar-refractivity contribution in [1.29, 1.82) is 0 Å². The van der Waals surface area contributed by atoms with Gasteiger partial charge in [-0.1, -0.05) is 47.7 Å². The predicted molar refractivity (Wildman–Crippen MR) is 164 cm³/mol. The number of hydrogen-bond donors (Lipinski definition) is 0. The minimum absolute atomic E-state index is 0.180. The quantitative estimate of drug-likeness (QED) is 0.249. The molecule has 0 spiro atoms. The topological polar surface area (TPSA) is 97.6 Å². The fourth-order valence-corrected chi connectivity index (χ4v) is 5.96. The first-order valence-electron chi connectivity index (χ1n) is 13.6. The summed E-state index contributed by atoms with van der Waals surface area (Å²) in [6.45, 7) is 4.05. The van der Waals surface area contributed by atoms with Crippen LogP contribution >= 0.6 is 11.3 Å².